The summed E-state index contributed by atoms with van der Waals surface area (Å²) in [5.41, 5.74) is 7.26. The van der Waals surface area contributed by atoms with Crippen molar-refractivity contribution in [3.63, 3.8) is 0 Å². The number of aryl methyl sites for hydroxylation is 1. The first-order valence-electron chi connectivity index (χ1n) is 10.8. The summed E-state index contributed by atoms with van der Waals surface area (Å²) in [7, 11) is 0. The van der Waals surface area contributed by atoms with E-state index in [1.807, 2.05) is 24.3 Å². The fraction of sp³-hybridized carbons (Fsp3) is 0.400. The van der Waals surface area contributed by atoms with Crippen LogP contribution in [0.5, 0.6) is 5.75 Å². The maximum Gasteiger partial charge on any atom is 0.130 e. The van der Waals surface area contributed by atoms with Crippen LogP contribution in [0, 0.1) is 5.92 Å². The highest BCUT2D eigenvalue weighted by molar-refractivity contribution is 5.69. The van der Waals surface area contributed by atoms with E-state index in [2.05, 4.69) is 36.6 Å². The quantitative estimate of drug-likeness (QED) is 0.665. The third-order valence-electron chi connectivity index (χ3n) is 6.66. The van der Waals surface area contributed by atoms with Gasteiger partial charge < -0.3 is 15.7 Å². The van der Waals surface area contributed by atoms with E-state index in [0.717, 1.165) is 36.3 Å². The smallest absolute Gasteiger partial charge is 0.130 e. The Kier molecular flexibility index (Phi) is 4.57. The van der Waals surface area contributed by atoms with E-state index >= 15 is 0 Å². The number of allylic oxidation sites excluding steroid dienone is 2. The molecule has 1 aliphatic carbocycles. The van der Waals surface area contributed by atoms with E-state index in [1.165, 1.54) is 35.2 Å². The van der Waals surface area contributed by atoms with Gasteiger partial charge in [-0.15, -0.1) is 0 Å². The maximum atomic E-state index is 10.2. The van der Waals surface area contributed by atoms with Gasteiger partial charge in [-0.25, -0.2) is 4.98 Å². The Morgan fingerprint density at radius 1 is 1.03 bits per heavy atom. The number of para-hydroxylation sites is 1. The number of phenols is 1. The lowest BCUT2D eigenvalue weighted by Crippen LogP contribution is -2.38. The number of benzene rings is 1. The number of anilines is 1. The molecule has 1 aromatic carbocycles. The van der Waals surface area contributed by atoms with Crippen molar-refractivity contribution < 1.29 is 5.11 Å². The number of aromatic hydroxyl groups is 1. The van der Waals surface area contributed by atoms with Gasteiger partial charge in [0, 0.05) is 29.3 Å². The molecule has 2 aromatic rings. The Morgan fingerprint density at radius 3 is 2.76 bits per heavy atom. The predicted octanol–water partition coefficient (Wildman–Crippen LogP) is 5.17. The van der Waals surface area contributed by atoms with Crippen LogP contribution in [0.3, 0.4) is 0 Å². The molecule has 0 bridgehead atoms. The zero-order valence-electron chi connectivity index (χ0n) is 17.2. The minimum atomic E-state index is 0.275. The normalized spacial score (nSPS) is 26.0. The molecular formula is C25H29N3O. The summed E-state index contributed by atoms with van der Waals surface area (Å²) in [5, 5.41) is 17.6. The number of rotatable bonds is 2. The Labute approximate surface area is 172 Å². The van der Waals surface area contributed by atoms with Crippen molar-refractivity contribution in [3.8, 4) is 17.0 Å². The Balaban J connectivity index is 1.39. The molecule has 3 N–H and O–H groups in total. The van der Waals surface area contributed by atoms with Crippen molar-refractivity contribution in [1.29, 1.82) is 0 Å². The number of hydrogen-bond donors (Lipinski definition) is 3. The molecular weight excluding hydrogens is 358 g/mol. The zero-order valence-corrected chi connectivity index (χ0v) is 17.2. The molecule has 3 atom stereocenters. The molecule has 4 nitrogen and oxygen atoms in total. The topological polar surface area (TPSA) is 57.2 Å². The molecule has 3 aliphatic rings. The molecule has 0 amide bonds. The van der Waals surface area contributed by atoms with Crippen LogP contribution in [0.2, 0.25) is 0 Å². The van der Waals surface area contributed by atoms with Gasteiger partial charge in [0.15, 0.2) is 0 Å². The monoisotopic (exact) mass is 387 g/mol. The fourth-order valence-corrected chi connectivity index (χ4v) is 5.04. The molecule has 1 aromatic heterocycles. The molecule has 1 saturated heterocycles. The Hall–Kier alpha value is -2.75. The van der Waals surface area contributed by atoms with E-state index in [0.29, 0.717) is 18.0 Å². The lowest BCUT2D eigenvalue weighted by atomic mass is 9.78. The average molecular weight is 388 g/mol. The minimum Gasteiger partial charge on any atom is -0.507 e. The van der Waals surface area contributed by atoms with Crippen LogP contribution in [0.4, 0.5) is 5.82 Å². The van der Waals surface area contributed by atoms with Crippen LogP contribution >= 0.6 is 0 Å². The van der Waals surface area contributed by atoms with Gasteiger partial charge in [-0.3, -0.25) is 0 Å². The molecule has 29 heavy (non-hydrogen) atoms. The van der Waals surface area contributed by atoms with E-state index < -0.39 is 0 Å². The summed E-state index contributed by atoms with van der Waals surface area (Å²) in [6.45, 7) is 4.56. The van der Waals surface area contributed by atoms with Crippen molar-refractivity contribution in [2.24, 2.45) is 5.92 Å². The minimum absolute atomic E-state index is 0.275. The number of hydrogen-bond acceptors (Lipinski definition) is 4. The van der Waals surface area contributed by atoms with Gasteiger partial charge in [-0.2, -0.15) is 0 Å². The summed E-state index contributed by atoms with van der Waals surface area (Å²) >= 11 is 0. The van der Waals surface area contributed by atoms with Gasteiger partial charge in [-0.05, 0) is 80.9 Å². The van der Waals surface area contributed by atoms with Crippen LogP contribution in [0.1, 0.15) is 45.1 Å². The second-order valence-corrected chi connectivity index (χ2v) is 8.81. The average Bonchev–Trinajstić information content (AvgIpc) is 2.73. The highest BCUT2D eigenvalue weighted by Gasteiger charge is 2.31. The molecule has 2 aliphatic heterocycles. The molecule has 3 heterocycles. The first-order chi connectivity index (χ1) is 14.1. The van der Waals surface area contributed by atoms with Crippen molar-refractivity contribution >= 4 is 5.82 Å². The van der Waals surface area contributed by atoms with Gasteiger partial charge in [0.25, 0.3) is 0 Å². The van der Waals surface area contributed by atoms with Crippen LogP contribution in [0.25, 0.3) is 11.3 Å². The second kappa shape index (κ2) is 7.25. The number of aromatic nitrogens is 1. The maximum absolute atomic E-state index is 10.2. The van der Waals surface area contributed by atoms with E-state index in [1.54, 1.807) is 6.07 Å². The van der Waals surface area contributed by atoms with Crippen LogP contribution in [-0.2, 0) is 6.42 Å². The molecule has 4 heteroatoms. The van der Waals surface area contributed by atoms with Crippen LogP contribution < -0.4 is 10.6 Å². The highest BCUT2D eigenvalue weighted by Crippen LogP contribution is 2.38. The highest BCUT2D eigenvalue weighted by atomic mass is 16.3. The molecule has 0 spiro atoms. The summed E-state index contributed by atoms with van der Waals surface area (Å²) < 4.78 is 0. The molecule has 3 unspecified atom stereocenters. The third-order valence-corrected chi connectivity index (χ3v) is 6.66. The predicted molar refractivity (Wildman–Crippen MR) is 118 cm³/mol. The molecule has 0 radical (unpaired) electrons. The fourth-order valence-electron chi connectivity index (χ4n) is 5.04. The zero-order chi connectivity index (χ0) is 20.0. The summed E-state index contributed by atoms with van der Waals surface area (Å²) in [4.78, 5) is 4.88. The van der Waals surface area contributed by atoms with Crippen molar-refractivity contribution in [3.05, 3.63) is 64.9 Å². The third kappa shape index (κ3) is 3.41. The van der Waals surface area contributed by atoms with Gasteiger partial charge in [-0.1, -0.05) is 24.3 Å². The molecule has 0 saturated carbocycles. The number of piperidine rings is 1. The standard InChI is InChI=1S/C25H29N3O/c1-15-13-19(14-18-8-7-16(2)26-24(15)18)21-11-9-17-10-12-22(28-25(17)27-21)20-5-3-4-6-23(20)29/h3-6,10,12,14,16,19,21,26,29H,7-9,11,13H2,1-2H3,(H,27,28). The van der Waals surface area contributed by atoms with Crippen molar-refractivity contribution in [2.75, 3.05) is 5.32 Å². The summed E-state index contributed by atoms with van der Waals surface area (Å²) in [6.07, 6.45) is 8.18. The lowest BCUT2D eigenvalue weighted by molar-refractivity contribution is 0.452. The lowest BCUT2D eigenvalue weighted by Gasteiger charge is -2.37. The number of nitrogens with one attached hydrogen (secondary N) is 2. The van der Waals surface area contributed by atoms with E-state index in [-0.39, 0.29) is 5.75 Å². The number of phenolic OH excluding ortho intramolecular Hbond substituents is 1. The molecule has 5 rings (SSSR count). The molecule has 1 fully saturated rings. The molecule has 150 valence electrons. The van der Waals surface area contributed by atoms with Crippen molar-refractivity contribution in [1.82, 2.24) is 10.3 Å². The van der Waals surface area contributed by atoms with E-state index in [4.69, 9.17) is 4.98 Å². The van der Waals surface area contributed by atoms with E-state index in [9.17, 15) is 5.11 Å². The van der Waals surface area contributed by atoms with Gasteiger partial charge in [0.1, 0.15) is 11.6 Å². The van der Waals surface area contributed by atoms with Gasteiger partial charge in [0.2, 0.25) is 0 Å². The Morgan fingerprint density at radius 2 is 1.90 bits per heavy atom. The Bertz CT molecular complexity index is 1010. The van der Waals surface area contributed by atoms with Crippen LogP contribution in [0.15, 0.2) is 59.3 Å². The number of pyridine rings is 1. The van der Waals surface area contributed by atoms with Gasteiger partial charge in [0.05, 0.1) is 5.69 Å². The number of nitrogens with zero attached hydrogens (tertiary/aromatic N) is 1. The van der Waals surface area contributed by atoms with Gasteiger partial charge >= 0.3 is 0 Å². The summed E-state index contributed by atoms with van der Waals surface area (Å²) in [6, 6.07) is 12.6. The first-order valence-corrected chi connectivity index (χ1v) is 10.8. The first kappa shape index (κ1) is 18.3. The SMILES string of the molecule is CC1=C2NC(C)CCC2=CC(C2CCc3ccc(-c4ccccc4O)nc3N2)C1. The summed E-state index contributed by atoms with van der Waals surface area (Å²) in [5.74, 6) is 1.76. The van der Waals surface area contributed by atoms with Crippen molar-refractivity contribution in [2.45, 2.75) is 58.0 Å². The van der Waals surface area contributed by atoms with Crippen LogP contribution in [-0.4, -0.2) is 22.2 Å². The number of fused-ring (bicyclic) bond motifs is 2. The largest absolute Gasteiger partial charge is 0.507 e. The second-order valence-electron chi connectivity index (χ2n) is 8.81.